The van der Waals surface area contributed by atoms with E-state index in [2.05, 4.69) is 20.4 Å². The number of aromatic nitrogens is 3. The molecule has 6 heteroatoms. The van der Waals surface area contributed by atoms with Gasteiger partial charge in [0.05, 0.1) is 13.1 Å². The molecule has 0 saturated heterocycles. The summed E-state index contributed by atoms with van der Waals surface area (Å²) in [5.74, 6) is 0.778. The van der Waals surface area contributed by atoms with E-state index < -0.39 is 0 Å². The van der Waals surface area contributed by atoms with Crippen molar-refractivity contribution in [2.24, 2.45) is 0 Å². The first kappa shape index (κ1) is 12.1. The molecule has 2 heterocycles. The van der Waals surface area contributed by atoms with Crippen LogP contribution in [0.3, 0.4) is 0 Å². The maximum Gasteiger partial charge on any atom is 0.234 e. The number of carbonyl (C=O) groups is 1. The number of likely N-dealkylation sites (N-methyl/N-ethyl adjacent to an activating group) is 1. The van der Waals surface area contributed by atoms with Crippen LogP contribution in [-0.4, -0.2) is 45.0 Å². The van der Waals surface area contributed by atoms with Crippen molar-refractivity contribution in [1.29, 1.82) is 0 Å². The summed E-state index contributed by atoms with van der Waals surface area (Å²) in [5, 5.41) is 11.0. The van der Waals surface area contributed by atoms with Crippen LogP contribution < -0.4 is 5.32 Å². The topological polar surface area (TPSA) is 62.5 Å². The van der Waals surface area contributed by atoms with Crippen LogP contribution in [0.25, 0.3) is 5.65 Å². The van der Waals surface area contributed by atoms with Crippen LogP contribution in [0.5, 0.6) is 0 Å². The molecule has 1 aliphatic rings. The minimum Gasteiger partial charge on any atom is -0.348 e. The highest BCUT2D eigenvalue weighted by molar-refractivity contribution is 5.78. The van der Waals surface area contributed by atoms with Gasteiger partial charge in [0.1, 0.15) is 0 Å². The van der Waals surface area contributed by atoms with Crippen molar-refractivity contribution in [3.8, 4) is 0 Å². The Morgan fingerprint density at radius 2 is 2.32 bits per heavy atom. The predicted molar refractivity (Wildman–Crippen MR) is 70.5 cm³/mol. The zero-order valence-corrected chi connectivity index (χ0v) is 10.9. The fourth-order valence-electron chi connectivity index (χ4n) is 2.12. The van der Waals surface area contributed by atoms with Crippen molar-refractivity contribution in [2.45, 2.75) is 25.4 Å². The van der Waals surface area contributed by atoms with E-state index in [1.165, 1.54) is 12.8 Å². The summed E-state index contributed by atoms with van der Waals surface area (Å²) in [4.78, 5) is 13.9. The first-order valence-corrected chi connectivity index (χ1v) is 6.49. The summed E-state index contributed by atoms with van der Waals surface area (Å²) >= 11 is 0. The molecule has 0 atom stereocenters. The molecule has 0 radical (unpaired) electrons. The van der Waals surface area contributed by atoms with Gasteiger partial charge in [-0.15, -0.1) is 10.2 Å². The number of hydrogen-bond donors (Lipinski definition) is 1. The second-order valence-electron chi connectivity index (χ2n) is 4.97. The number of fused-ring (bicyclic) bond motifs is 1. The maximum atomic E-state index is 11.8. The molecule has 1 N–H and O–H groups in total. The quantitative estimate of drug-likeness (QED) is 0.846. The van der Waals surface area contributed by atoms with E-state index in [4.69, 9.17) is 0 Å². The zero-order valence-electron chi connectivity index (χ0n) is 10.9. The molecule has 0 spiro atoms. The van der Waals surface area contributed by atoms with Gasteiger partial charge in [0.25, 0.3) is 0 Å². The predicted octanol–water partition coefficient (Wildman–Crippen LogP) is 0.440. The lowest BCUT2D eigenvalue weighted by Gasteiger charge is -2.14. The van der Waals surface area contributed by atoms with Crippen LogP contribution >= 0.6 is 0 Å². The Morgan fingerprint density at radius 1 is 1.47 bits per heavy atom. The van der Waals surface area contributed by atoms with Gasteiger partial charge < -0.3 is 5.32 Å². The molecule has 0 unspecified atom stereocenters. The Balaban J connectivity index is 1.58. The van der Waals surface area contributed by atoms with E-state index in [0.29, 0.717) is 19.1 Å². The van der Waals surface area contributed by atoms with Gasteiger partial charge in [-0.3, -0.25) is 14.1 Å². The average molecular weight is 259 g/mol. The highest BCUT2D eigenvalue weighted by Gasteiger charge is 2.27. The Hall–Kier alpha value is -1.95. The first-order valence-electron chi connectivity index (χ1n) is 6.49. The summed E-state index contributed by atoms with van der Waals surface area (Å²) in [5.41, 5.74) is 0.793. The summed E-state index contributed by atoms with van der Waals surface area (Å²) < 4.78 is 1.88. The van der Waals surface area contributed by atoms with Crippen molar-refractivity contribution in [2.75, 3.05) is 13.6 Å². The summed E-state index contributed by atoms with van der Waals surface area (Å²) in [6.07, 6.45) is 4.31. The van der Waals surface area contributed by atoms with Crippen LogP contribution in [0, 0.1) is 0 Å². The number of rotatable bonds is 5. The van der Waals surface area contributed by atoms with E-state index >= 15 is 0 Å². The zero-order chi connectivity index (χ0) is 13.2. The fourth-order valence-corrected chi connectivity index (χ4v) is 2.12. The molecule has 1 aliphatic carbocycles. The Kier molecular flexibility index (Phi) is 3.16. The van der Waals surface area contributed by atoms with Crippen molar-refractivity contribution < 1.29 is 4.79 Å². The molecule has 6 nitrogen and oxygen atoms in total. The van der Waals surface area contributed by atoms with Gasteiger partial charge in [-0.05, 0) is 32.0 Å². The third-order valence-electron chi connectivity index (χ3n) is 3.39. The van der Waals surface area contributed by atoms with Gasteiger partial charge in [-0.2, -0.15) is 0 Å². The lowest BCUT2D eigenvalue weighted by atomic mass is 10.4. The molecular weight excluding hydrogens is 242 g/mol. The summed E-state index contributed by atoms with van der Waals surface area (Å²) in [6, 6.07) is 6.32. The fraction of sp³-hybridized carbons (Fsp3) is 0.462. The van der Waals surface area contributed by atoms with Crippen LogP contribution in [0.4, 0.5) is 0 Å². The number of hydrogen-bond acceptors (Lipinski definition) is 4. The molecule has 100 valence electrons. The minimum atomic E-state index is 0.0297. The van der Waals surface area contributed by atoms with Gasteiger partial charge in [0.15, 0.2) is 11.5 Å². The van der Waals surface area contributed by atoms with Gasteiger partial charge >= 0.3 is 0 Å². The molecule has 2 aromatic heterocycles. The van der Waals surface area contributed by atoms with Crippen LogP contribution in [0.1, 0.15) is 18.7 Å². The van der Waals surface area contributed by atoms with Crippen molar-refractivity contribution in [3.63, 3.8) is 0 Å². The largest absolute Gasteiger partial charge is 0.348 e. The second kappa shape index (κ2) is 4.97. The summed E-state index contributed by atoms with van der Waals surface area (Å²) in [6.45, 7) is 0.851. The van der Waals surface area contributed by atoms with Gasteiger partial charge in [0.2, 0.25) is 5.91 Å². The molecule has 1 saturated carbocycles. The van der Waals surface area contributed by atoms with Gasteiger partial charge in [0, 0.05) is 12.2 Å². The van der Waals surface area contributed by atoms with E-state index in [1.807, 2.05) is 35.8 Å². The molecule has 2 aromatic rings. The third-order valence-corrected chi connectivity index (χ3v) is 3.39. The number of nitrogens with one attached hydrogen (secondary N) is 1. The molecule has 1 fully saturated rings. The second-order valence-corrected chi connectivity index (χ2v) is 4.97. The molecule has 19 heavy (non-hydrogen) atoms. The average Bonchev–Trinajstić information content (AvgIpc) is 3.18. The molecular formula is C13H17N5O. The Labute approximate surface area is 111 Å². The van der Waals surface area contributed by atoms with E-state index in [0.717, 1.165) is 11.5 Å². The molecule has 1 amide bonds. The lowest BCUT2D eigenvalue weighted by Crippen LogP contribution is -2.36. The SMILES string of the molecule is CN(CC(=O)NCc1nnc2ccccn12)C1CC1. The van der Waals surface area contributed by atoms with Gasteiger partial charge in [-0.1, -0.05) is 6.07 Å². The van der Waals surface area contributed by atoms with Crippen LogP contribution in [0.15, 0.2) is 24.4 Å². The normalized spacial score (nSPS) is 15.1. The first-order chi connectivity index (χ1) is 9.24. The monoisotopic (exact) mass is 259 g/mol. The van der Waals surface area contributed by atoms with Gasteiger partial charge in [-0.25, -0.2) is 0 Å². The van der Waals surface area contributed by atoms with Crippen molar-refractivity contribution >= 4 is 11.6 Å². The highest BCUT2D eigenvalue weighted by Crippen LogP contribution is 2.24. The Bertz CT molecular complexity index is 589. The molecule has 0 aliphatic heterocycles. The smallest absolute Gasteiger partial charge is 0.234 e. The highest BCUT2D eigenvalue weighted by atomic mass is 16.2. The van der Waals surface area contributed by atoms with E-state index in [1.54, 1.807) is 0 Å². The standard InChI is InChI=1S/C13H17N5O/c1-17(10-5-6-10)9-13(19)14-8-12-16-15-11-4-2-3-7-18(11)12/h2-4,7,10H,5-6,8-9H2,1H3,(H,14,19). The maximum absolute atomic E-state index is 11.8. The van der Waals surface area contributed by atoms with E-state index in [-0.39, 0.29) is 5.91 Å². The van der Waals surface area contributed by atoms with E-state index in [9.17, 15) is 4.79 Å². The third kappa shape index (κ3) is 2.73. The lowest BCUT2D eigenvalue weighted by molar-refractivity contribution is -0.122. The van der Waals surface area contributed by atoms with Crippen LogP contribution in [0.2, 0.25) is 0 Å². The number of amides is 1. The van der Waals surface area contributed by atoms with Crippen molar-refractivity contribution in [3.05, 3.63) is 30.2 Å². The summed E-state index contributed by atoms with van der Waals surface area (Å²) in [7, 11) is 1.99. The van der Waals surface area contributed by atoms with Crippen molar-refractivity contribution in [1.82, 2.24) is 24.8 Å². The molecule has 3 rings (SSSR count). The van der Waals surface area contributed by atoms with Crippen LogP contribution in [-0.2, 0) is 11.3 Å². The molecule has 0 bridgehead atoms. The minimum absolute atomic E-state index is 0.0297. The molecule has 0 aromatic carbocycles. The number of nitrogens with zero attached hydrogens (tertiary/aromatic N) is 4. The number of pyridine rings is 1. The number of carbonyl (C=O) groups excluding carboxylic acids is 1. The Morgan fingerprint density at radius 3 is 3.11 bits per heavy atom.